The lowest BCUT2D eigenvalue weighted by Gasteiger charge is -2.23. The van der Waals surface area contributed by atoms with E-state index < -0.39 is 0 Å². The highest BCUT2D eigenvalue weighted by Gasteiger charge is 2.28. The average molecular weight is 350 g/mol. The fourth-order valence-electron chi connectivity index (χ4n) is 3.45. The van der Waals surface area contributed by atoms with Crippen LogP contribution in [0.5, 0.6) is 5.75 Å². The predicted octanol–water partition coefficient (Wildman–Crippen LogP) is 2.48. The number of ether oxygens (including phenoxy) is 1. The van der Waals surface area contributed by atoms with Crippen molar-refractivity contribution in [2.75, 3.05) is 13.1 Å². The van der Waals surface area contributed by atoms with Crippen LogP contribution in [0.15, 0.2) is 54.9 Å². The number of amides is 1. The van der Waals surface area contributed by atoms with Crippen molar-refractivity contribution in [3.05, 3.63) is 66.1 Å². The van der Waals surface area contributed by atoms with Gasteiger partial charge in [0, 0.05) is 37.1 Å². The van der Waals surface area contributed by atoms with Crippen LogP contribution in [0.3, 0.4) is 0 Å². The molecule has 134 valence electrons. The smallest absolute Gasteiger partial charge is 0.254 e. The van der Waals surface area contributed by atoms with E-state index in [1.54, 1.807) is 6.07 Å². The Bertz CT molecular complexity index is 888. The number of benzene rings is 1. The molecule has 1 unspecified atom stereocenters. The normalized spacial score (nSPS) is 17.0. The van der Waals surface area contributed by atoms with Gasteiger partial charge in [-0.25, -0.2) is 4.98 Å². The van der Waals surface area contributed by atoms with Crippen LogP contribution in [0, 0.1) is 0 Å². The van der Waals surface area contributed by atoms with Crippen molar-refractivity contribution < 1.29 is 9.53 Å². The van der Waals surface area contributed by atoms with Crippen molar-refractivity contribution in [2.45, 2.75) is 25.5 Å². The Morgan fingerprint density at radius 2 is 2.19 bits per heavy atom. The molecule has 1 atom stereocenters. The molecule has 2 aromatic heterocycles. The lowest BCUT2D eigenvalue weighted by molar-refractivity contribution is 0.0740. The first kappa shape index (κ1) is 16.6. The second-order valence-corrected chi connectivity index (χ2v) is 6.55. The van der Waals surface area contributed by atoms with Crippen LogP contribution in [0.1, 0.15) is 28.9 Å². The number of rotatable bonds is 5. The van der Waals surface area contributed by atoms with E-state index in [2.05, 4.69) is 4.98 Å². The third-order valence-electron chi connectivity index (χ3n) is 4.79. The van der Waals surface area contributed by atoms with Crippen LogP contribution in [0.2, 0.25) is 0 Å². The number of nitrogens with two attached hydrogens (primary N) is 1. The number of pyridine rings is 1. The fraction of sp³-hybridized carbons (Fsp3) is 0.300. The zero-order chi connectivity index (χ0) is 17.9. The van der Waals surface area contributed by atoms with E-state index in [-0.39, 0.29) is 11.9 Å². The SMILES string of the molecule is NCC1CCCN1C(=O)c1cccc(OCc2cn3ccccc3n2)c1. The summed E-state index contributed by atoms with van der Waals surface area (Å²) in [6.45, 7) is 1.64. The Morgan fingerprint density at radius 3 is 3.04 bits per heavy atom. The number of carbonyl (C=O) groups excluding carboxylic acids is 1. The third kappa shape index (κ3) is 3.28. The van der Waals surface area contributed by atoms with Gasteiger partial charge in [0.25, 0.3) is 5.91 Å². The Balaban J connectivity index is 1.46. The first-order chi connectivity index (χ1) is 12.7. The van der Waals surface area contributed by atoms with Gasteiger partial charge in [0.05, 0.1) is 5.69 Å². The molecule has 1 amide bonds. The molecule has 1 fully saturated rings. The second kappa shape index (κ2) is 7.17. The number of nitrogens with zero attached hydrogens (tertiary/aromatic N) is 3. The molecular weight excluding hydrogens is 328 g/mol. The summed E-state index contributed by atoms with van der Waals surface area (Å²) in [6.07, 6.45) is 5.89. The molecule has 6 nitrogen and oxygen atoms in total. The Morgan fingerprint density at radius 1 is 1.27 bits per heavy atom. The molecule has 1 aliphatic heterocycles. The molecule has 26 heavy (non-hydrogen) atoms. The van der Waals surface area contributed by atoms with Gasteiger partial charge in [0.15, 0.2) is 0 Å². The topological polar surface area (TPSA) is 72.9 Å². The average Bonchev–Trinajstić information content (AvgIpc) is 3.32. The predicted molar refractivity (Wildman–Crippen MR) is 99.1 cm³/mol. The highest BCUT2D eigenvalue weighted by atomic mass is 16.5. The zero-order valence-electron chi connectivity index (χ0n) is 14.5. The fourth-order valence-corrected chi connectivity index (χ4v) is 3.45. The highest BCUT2D eigenvalue weighted by molar-refractivity contribution is 5.95. The quantitative estimate of drug-likeness (QED) is 0.767. The van der Waals surface area contributed by atoms with E-state index in [0.29, 0.717) is 24.5 Å². The first-order valence-corrected chi connectivity index (χ1v) is 8.91. The minimum atomic E-state index is 0.0242. The number of likely N-dealkylation sites (tertiary alicyclic amines) is 1. The number of carbonyl (C=O) groups is 1. The summed E-state index contributed by atoms with van der Waals surface area (Å²) in [7, 11) is 0. The summed E-state index contributed by atoms with van der Waals surface area (Å²) < 4.78 is 7.81. The van der Waals surface area contributed by atoms with E-state index >= 15 is 0 Å². The number of imidazole rings is 1. The van der Waals surface area contributed by atoms with Crippen molar-refractivity contribution in [3.63, 3.8) is 0 Å². The Kier molecular flexibility index (Phi) is 4.58. The summed E-state index contributed by atoms with van der Waals surface area (Å²) in [5.41, 5.74) is 8.15. The monoisotopic (exact) mass is 350 g/mol. The number of fused-ring (bicyclic) bond motifs is 1. The molecule has 0 spiro atoms. The Labute approximate surface area is 152 Å². The lowest BCUT2D eigenvalue weighted by Crippen LogP contribution is -2.39. The van der Waals surface area contributed by atoms with Gasteiger partial charge in [-0.15, -0.1) is 0 Å². The summed E-state index contributed by atoms with van der Waals surface area (Å²) in [5.74, 6) is 0.688. The number of hydrogen-bond donors (Lipinski definition) is 1. The van der Waals surface area contributed by atoms with E-state index in [0.717, 1.165) is 30.7 Å². The third-order valence-corrected chi connectivity index (χ3v) is 4.79. The van der Waals surface area contributed by atoms with Crippen LogP contribution in [-0.2, 0) is 6.61 Å². The standard InChI is InChI=1S/C20H22N4O2/c21-12-17-6-4-10-24(17)20(25)15-5-3-7-18(11-15)26-14-16-13-23-9-2-1-8-19(23)22-16/h1-3,5,7-9,11,13,17H,4,6,10,12,14,21H2. The molecule has 0 bridgehead atoms. The van der Waals surface area contributed by atoms with Gasteiger partial charge < -0.3 is 19.8 Å². The van der Waals surface area contributed by atoms with Gasteiger partial charge in [-0.1, -0.05) is 12.1 Å². The van der Waals surface area contributed by atoms with Crippen LogP contribution in [0.4, 0.5) is 0 Å². The maximum absolute atomic E-state index is 12.8. The van der Waals surface area contributed by atoms with Crippen molar-refractivity contribution in [3.8, 4) is 5.75 Å². The molecule has 4 rings (SSSR count). The first-order valence-electron chi connectivity index (χ1n) is 8.91. The molecule has 1 saturated heterocycles. The van der Waals surface area contributed by atoms with Gasteiger partial charge in [-0.2, -0.15) is 0 Å². The molecule has 3 aromatic rings. The van der Waals surface area contributed by atoms with Crippen LogP contribution in [0.25, 0.3) is 5.65 Å². The number of hydrogen-bond acceptors (Lipinski definition) is 4. The summed E-state index contributed by atoms with van der Waals surface area (Å²) in [5, 5.41) is 0. The van der Waals surface area contributed by atoms with Gasteiger partial charge >= 0.3 is 0 Å². The van der Waals surface area contributed by atoms with E-state index in [1.165, 1.54) is 0 Å². The molecule has 6 heteroatoms. The Hall–Kier alpha value is -2.86. The maximum Gasteiger partial charge on any atom is 0.254 e. The lowest BCUT2D eigenvalue weighted by atomic mass is 10.1. The maximum atomic E-state index is 12.8. The second-order valence-electron chi connectivity index (χ2n) is 6.55. The summed E-state index contributed by atoms with van der Waals surface area (Å²) >= 11 is 0. The van der Waals surface area contributed by atoms with Crippen LogP contribution >= 0.6 is 0 Å². The molecule has 2 N–H and O–H groups in total. The van der Waals surface area contributed by atoms with Crippen molar-refractivity contribution in [2.24, 2.45) is 5.73 Å². The number of aromatic nitrogens is 2. The zero-order valence-corrected chi connectivity index (χ0v) is 14.5. The molecular formula is C20H22N4O2. The molecule has 0 radical (unpaired) electrons. The van der Waals surface area contributed by atoms with Gasteiger partial charge in [0.1, 0.15) is 18.0 Å². The van der Waals surface area contributed by atoms with Gasteiger partial charge in [0.2, 0.25) is 0 Å². The van der Waals surface area contributed by atoms with Crippen LogP contribution in [-0.4, -0.2) is 39.3 Å². The van der Waals surface area contributed by atoms with Gasteiger partial charge in [-0.3, -0.25) is 4.79 Å². The molecule has 3 heterocycles. The molecule has 0 aliphatic carbocycles. The van der Waals surface area contributed by atoms with Crippen molar-refractivity contribution in [1.29, 1.82) is 0 Å². The van der Waals surface area contributed by atoms with Crippen LogP contribution < -0.4 is 10.5 Å². The summed E-state index contributed by atoms with van der Waals surface area (Å²) in [4.78, 5) is 19.2. The van der Waals surface area contributed by atoms with Crippen molar-refractivity contribution >= 4 is 11.6 Å². The minimum absolute atomic E-state index is 0.0242. The largest absolute Gasteiger partial charge is 0.487 e. The van der Waals surface area contributed by atoms with E-state index in [4.69, 9.17) is 10.5 Å². The molecule has 0 saturated carbocycles. The van der Waals surface area contributed by atoms with E-state index in [9.17, 15) is 4.79 Å². The highest BCUT2D eigenvalue weighted by Crippen LogP contribution is 2.22. The molecule has 1 aliphatic rings. The summed E-state index contributed by atoms with van der Waals surface area (Å²) in [6, 6.07) is 13.3. The van der Waals surface area contributed by atoms with Crippen molar-refractivity contribution in [1.82, 2.24) is 14.3 Å². The van der Waals surface area contributed by atoms with E-state index in [1.807, 2.05) is 58.1 Å². The molecule has 1 aromatic carbocycles. The minimum Gasteiger partial charge on any atom is -0.487 e. The van der Waals surface area contributed by atoms with Gasteiger partial charge in [-0.05, 0) is 43.2 Å².